The lowest BCUT2D eigenvalue weighted by Crippen LogP contribution is -2.41. The molecule has 2 N–H and O–H groups in total. The van der Waals surface area contributed by atoms with E-state index in [-0.39, 0.29) is 12.5 Å². The Morgan fingerprint density at radius 2 is 2.05 bits per heavy atom. The Morgan fingerprint density at radius 1 is 1.42 bits per heavy atom. The molecule has 1 atom stereocenters. The van der Waals surface area contributed by atoms with Crippen molar-refractivity contribution >= 4 is 5.91 Å². The minimum absolute atomic E-state index is 0.186. The number of nitrogens with zero attached hydrogens (tertiary/aromatic N) is 1. The highest BCUT2D eigenvalue weighted by Crippen LogP contribution is 2.15. The highest BCUT2D eigenvalue weighted by Gasteiger charge is 2.23. The molecule has 0 saturated heterocycles. The van der Waals surface area contributed by atoms with Crippen LogP contribution < -0.4 is 5.32 Å². The molecule has 0 aliphatic rings. The van der Waals surface area contributed by atoms with Crippen molar-refractivity contribution in [3.8, 4) is 0 Å². The lowest BCUT2D eigenvalue weighted by Gasteiger charge is -2.25. The van der Waals surface area contributed by atoms with Crippen molar-refractivity contribution in [2.24, 2.45) is 5.92 Å². The van der Waals surface area contributed by atoms with Crippen molar-refractivity contribution in [2.45, 2.75) is 46.6 Å². The molecular weight excluding hydrogens is 240 g/mol. The monoisotopic (exact) mass is 264 g/mol. The maximum Gasteiger partial charge on any atom is 0.253 e. The molecule has 106 valence electrons. The zero-order valence-electron chi connectivity index (χ0n) is 12.4. The molecule has 19 heavy (non-hydrogen) atoms. The summed E-state index contributed by atoms with van der Waals surface area (Å²) in [5, 5.41) is 12.9. The van der Waals surface area contributed by atoms with Crippen LogP contribution in [-0.2, 0) is 0 Å². The average molecular weight is 264 g/mol. The Labute approximate surface area is 115 Å². The SMILES string of the molecule is Cc1ccc(C(=O)NCC(C)(O)CC(C)C)c(C)n1. The van der Waals surface area contributed by atoms with Crippen LogP contribution in [0.4, 0.5) is 0 Å². The van der Waals surface area contributed by atoms with Gasteiger partial charge in [0.15, 0.2) is 0 Å². The predicted octanol–water partition coefficient (Wildman–Crippen LogP) is 2.23. The van der Waals surface area contributed by atoms with E-state index in [1.54, 1.807) is 13.0 Å². The van der Waals surface area contributed by atoms with Crippen LogP contribution in [0.25, 0.3) is 0 Å². The van der Waals surface area contributed by atoms with Gasteiger partial charge >= 0.3 is 0 Å². The normalized spacial score (nSPS) is 14.3. The molecule has 1 aromatic rings. The third-order valence-corrected chi connectivity index (χ3v) is 2.95. The Bertz CT molecular complexity index is 453. The lowest BCUT2D eigenvalue weighted by atomic mass is 9.94. The first kappa shape index (κ1) is 15.6. The summed E-state index contributed by atoms with van der Waals surface area (Å²) in [6.07, 6.45) is 0.651. The predicted molar refractivity (Wildman–Crippen MR) is 76.1 cm³/mol. The zero-order chi connectivity index (χ0) is 14.6. The number of hydrogen-bond acceptors (Lipinski definition) is 3. The summed E-state index contributed by atoms with van der Waals surface area (Å²) >= 11 is 0. The molecule has 0 radical (unpaired) electrons. The van der Waals surface area contributed by atoms with Crippen molar-refractivity contribution in [3.05, 3.63) is 29.1 Å². The number of aromatic nitrogens is 1. The summed E-state index contributed by atoms with van der Waals surface area (Å²) in [6.45, 7) is 9.79. The van der Waals surface area contributed by atoms with E-state index in [0.29, 0.717) is 23.6 Å². The van der Waals surface area contributed by atoms with E-state index < -0.39 is 5.60 Å². The number of rotatable bonds is 5. The second-order valence-corrected chi connectivity index (χ2v) is 5.86. The molecule has 1 rings (SSSR count). The van der Waals surface area contributed by atoms with E-state index in [1.165, 1.54) is 0 Å². The fraction of sp³-hybridized carbons (Fsp3) is 0.600. The van der Waals surface area contributed by atoms with Crippen LogP contribution in [-0.4, -0.2) is 28.1 Å². The zero-order valence-corrected chi connectivity index (χ0v) is 12.4. The van der Waals surface area contributed by atoms with Gasteiger partial charge in [0.25, 0.3) is 5.91 Å². The number of amides is 1. The van der Waals surface area contributed by atoms with Crippen molar-refractivity contribution in [1.29, 1.82) is 0 Å². The van der Waals surface area contributed by atoms with Crippen LogP contribution in [0.5, 0.6) is 0 Å². The maximum atomic E-state index is 12.0. The largest absolute Gasteiger partial charge is 0.388 e. The first-order chi connectivity index (χ1) is 8.71. The van der Waals surface area contributed by atoms with Gasteiger partial charge in [0.1, 0.15) is 0 Å². The van der Waals surface area contributed by atoms with Crippen molar-refractivity contribution in [3.63, 3.8) is 0 Å². The van der Waals surface area contributed by atoms with Gasteiger partial charge in [-0.05, 0) is 45.2 Å². The molecule has 0 aliphatic carbocycles. The number of pyridine rings is 1. The third kappa shape index (κ3) is 4.99. The molecule has 4 nitrogen and oxygen atoms in total. The molecule has 4 heteroatoms. The van der Waals surface area contributed by atoms with Gasteiger partial charge < -0.3 is 10.4 Å². The quantitative estimate of drug-likeness (QED) is 0.857. The van der Waals surface area contributed by atoms with Crippen LogP contribution in [0, 0.1) is 19.8 Å². The molecule has 1 aromatic heterocycles. The number of carbonyl (C=O) groups excluding carboxylic acids is 1. The van der Waals surface area contributed by atoms with Gasteiger partial charge in [0.05, 0.1) is 16.9 Å². The second-order valence-electron chi connectivity index (χ2n) is 5.86. The second kappa shape index (κ2) is 6.15. The van der Waals surface area contributed by atoms with Crippen LogP contribution in [0.3, 0.4) is 0 Å². The highest BCUT2D eigenvalue weighted by atomic mass is 16.3. The summed E-state index contributed by atoms with van der Waals surface area (Å²) < 4.78 is 0. The maximum absolute atomic E-state index is 12.0. The summed E-state index contributed by atoms with van der Waals surface area (Å²) in [5.41, 5.74) is 1.28. The molecule has 0 aliphatic heterocycles. The first-order valence-corrected chi connectivity index (χ1v) is 6.66. The third-order valence-electron chi connectivity index (χ3n) is 2.95. The molecule has 0 fully saturated rings. The summed E-state index contributed by atoms with van der Waals surface area (Å²) in [6, 6.07) is 3.58. The molecule has 1 amide bonds. The van der Waals surface area contributed by atoms with Crippen molar-refractivity contribution in [1.82, 2.24) is 10.3 Å². The number of aliphatic hydroxyl groups is 1. The Morgan fingerprint density at radius 3 is 2.58 bits per heavy atom. The van der Waals surface area contributed by atoms with Crippen LogP contribution >= 0.6 is 0 Å². The summed E-state index contributed by atoms with van der Waals surface area (Å²) in [7, 11) is 0. The Hall–Kier alpha value is -1.42. The van der Waals surface area contributed by atoms with E-state index in [0.717, 1.165) is 5.69 Å². The summed E-state index contributed by atoms with van der Waals surface area (Å²) in [5.74, 6) is 0.198. The molecule has 0 aromatic carbocycles. The number of aryl methyl sites for hydroxylation is 2. The molecular formula is C15H24N2O2. The van der Waals surface area contributed by atoms with Crippen LogP contribution in [0.15, 0.2) is 12.1 Å². The molecule has 1 unspecified atom stereocenters. The van der Waals surface area contributed by atoms with Gasteiger partial charge in [-0.3, -0.25) is 9.78 Å². The smallest absolute Gasteiger partial charge is 0.253 e. The minimum atomic E-state index is -0.879. The van der Waals surface area contributed by atoms with Crippen molar-refractivity contribution in [2.75, 3.05) is 6.54 Å². The van der Waals surface area contributed by atoms with E-state index in [4.69, 9.17) is 0 Å². The van der Waals surface area contributed by atoms with E-state index >= 15 is 0 Å². The molecule has 0 spiro atoms. The standard InChI is InChI=1S/C15H24N2O2/c1-10(2)8-15(5,19)9-16-14(18)13-7-6-11(3)17-12(13)4/h6-7,10,19H,8-9H2,1-5H3,(H,16,18). The molecule has 1 heterocycles. The fourth-order valence-corrected chi connectivity index (χ4v) is 2.24. The molecule has 0 saturated carbocycles. The van der Waals surface area contributed by atoms with Gasteiger partial charge in [-0.1, -0.05) is 13.8 Å². The fourth-order valence-electron chi connectivity index (χ4n) is 2.24. The van der Waals surface area contributed by atoms with E-state index in [1.807, 2.05) is 33.8 Å². The summed E-state index contributed by atoms with van der Waals surface area (Å²) in [4.78, 5) is 16.3. The topological polar surface area (TPSA) is 62.2 Å². The number of carbonyl (C=O) groups is 1. The molecule has 0 bridgehead atoms. The van der Waals surface area contributed by atoms with Gasteiger partial charge in [-0.15, -0.1) is 0 Å². The van der Waals surface area contributed by atoms with Gasteiger partial charge in [0, 0.05) is 12.2 Å². The number of nitrogens with one attached hydrogen (secondary N) is 1. The van der Waals surface area contributed by atoms with Crippen molar-refractivity contribution < 1.29 is 9.90 Å². The van der Waals surface area contributed by atoms with E-state index in [9.17, 15) is 9.90 Å². The Balaban J connectivity index is 2.65. The van der Waals surface area contributed by atoms with Gasteiger partial charge in [0.2, 0.25) is 0 Å². The number of hydrogen-bond donors (Lipinski definition) is 2. The van der Waals surface area contributed by atoms with E-state index in [2.05, 4.69) is 10.3 Å². The highest BCUT2D eigenvalue weighted by molar-refractivity contribution is 5.95. The lowest BCUT2D eigenvalue weighted by molar-refractivity contribution is 0.0368. The van der Waals surface area contributed by atoms with Gasteiger partial charge in [-0.2, -0.15) is 0 Å². The van der Waals surface area contributed by atoms with Crippen LogP contribution in [0.2, 0.25) is 0 Å². The average Bonchev–Trinajstić information content (AvgIpc) is 2.24. The first-order valence-electron chi connectivity index (χ1n) is 6.66. The minimum Gasteiger partial charge on any atom is -0.388 e. The van der Waals surface area contributed by atoms with Crippen LogP contribution in [0.1, 0.15) is 48.9 Å². The van der Waals surface area contributed by atoms with Gasteiger partial charge in [-0.25, -0.2) is 0 Å². The Kier molecular flexibility index (Phi) is 5.06.